The Morgan fingerprint density at radius 1 is 0.938 bits per heavy atom. The van der Waals surface area contributed by atoms with E-state index in [1.807, 2.05) is 49.3 Å². The highest BCUT2D eigenvalue weighted by molar-refractivity contribution is 6.36. The first kappa shape index (κ1) is 21.1. The van der Waals surface area contributed by atoms with Crippen molar-refractivity contribution in [1.29, 1.82) is 0 Å². The summed E-state index contributed by atoms with van der Waals surface area (Å²) in [5.74, 6) is -0.0772. The second-order valence-corrected chi connectivity index (χ2v) is 7.56. The molecule has 2 aromatic carbocycles. The Hall–Kier alpha value is -4.13. The summed E-state index contributed by atoms with van der Waals surface area (Å²) in [7, 11) is 5.50. The molecule has 0 radical (unpaired) electrons. The number of imide groups is 1. The summed E-state index contributed by atoms with van der Waals surface area (Å²) >= 11 is 0. The molecule has 2 amide bonds. The minimum absolute atomic E-state index is 0.100. The molecule has 7 heteroatoms. The molecule has 0 saturated heterocycles. The highest BCUT2D eigenvalue weighted by Crippen LogP contribution is 2.32. The van der Waals surface area contributed by atoms with Crippen LogP contribution >= 0.6 is 0 Å². The Morgan fingerprint density at radius 3 is 2.25 bits per heavy atom. The van der Waals surface area contributed by atoms with Crippen molar-refractivity contribution in [3.05, 3.63) is 89.9 Å². The number of aromatic nitrogens is 1. The fourth-order valence-corrected chi connectivity index (χ4v) is 3.50. The maximum Gasteiger partial charge on any atom is 0.278 e. The van der Waals surface area contributed by atoms with Gasteiger partial charge in [0.25, 0.3) is 11.8 Å². The van der Waals surface area contributed by atoms with Crippen LogP contribution in [0, 0.1) is 0 Å². The zero-order valence-electron chi connectivity index (χ0n) is 18.2. The highest BCUT2D eigenvalue weighted by atomic mass is 16.5. The molecular weight excluding hydrogens is 404 g/mol. The minimum atomic E-state index is -0.386. The average molecular weight is 428 g/mol. The predicted octanol–water partition coefficient (Wildman–Crippen LogP) is 3.55. The lowest BCUT2D eigenvalue weighted by molar-refractivity contribution is -0.137. The van der Waals surface area contributed by atoms with Gasteiger partial charge in [-0.1, -0.05) is 18.2 Å². The number of rotatable bonds is 7. The van der Waals surface area contributed by atoms with Crippen LogP contribution in [0.25, 0.3) is 5.57 Å². The van der Waals surface area contributed by atoms with Gasteiger partial charge in [-0.2, -0.15) is 0 Å². The fraction of sp³-hybridized carbons (Fsp3) is 0.160. The molecule has 0 aliphatic carbocycles. The molecule has 4 rings (SSSR count). The number of methoxy groups -OCH3 is 1. The quantitative estimate of drug-likeness (QED) is 0.580. The van der Waals surface area contributed by atoms with Gasteiger partial charge in [0.2, 0.25) is 0 Å². The summed E-state index contributed by atoms with van der Waals surface area (Å²) in [5.41, 5.74) is 3.60. The molecule has 1 aromatic heterocycles. The van der Waals surface area contributed by atoms with Crippen molar-refractivity contribution in [2.45, 2.75) is 6.54 Å². The smallest absolute Gasteiger partial charge is 0.278 e. The van der Waals surface area contributed by atoms with E-state index in [1.54, 1.807) is 49.7 Å². The van der Waals surface area contributed by atoms with Crippen molar-refractivity contribution in [2.75, 3.05) is 31.4 Å². The van der Waals surface area contributed by atoms with Crippen molar-refractivity contribution < 1.29 is 14.3 Å². The molecule has 0 bridgehead atoms. The Morgan fingerprint density at radius 2 is 1.66 bits per heavy atom. The monoisotopic (exact) mass is 428 g/mol. The molecule has 0 spiro atoms. The van der Waals surface area contributed by atoms with Crippen LogP contribution in [0.2, 0.25) is 0 Å². The number of anilines is 2. The third-order valence-corrected chi connectivity index (χ3v) is 5.25. The third-order valence-electron chi connectivity index (χ3n) is 5.25. The summed E-state index contributed by atoms with van der Waals surface area (Å²) < 4.78 is 5.23. The van der Waals surface area contributed by atoms with Gasteiger partial charge in [0, 0.05) is 31.7 Å². The molecule has 0 saturated carbocycles. The van der Waals surface area contributed by atoms with Gasteiger partial charge in [-0.15, -0.1) is 0 Å². The van der Waals surface area contributed by atoms with E-state index in [9.17, 15) is 9.59 Å². The Bertz CT molecular complexity index is 1150. The maximum atomic E-state index is 13.4. The second kappa shape index (κ2) is 8.93. The van der Waals surface area contributed by atoms with E-state index in [2.05, 4.69) is 10.3 Å². The molecule has 2 heterocycles. The summed E-state index contributed by atoms with van der Waals surface area (Å²) in [6.45, 7) is 0.100. The first-order valence-electron chi connectivity index (χ1n) is 10.2. The number of amides is 2. The number of hydrogen-bond acceptors (Lipinski definition) is 6. The van der Waals surface area contributed by atoms with Gasteiger partial charge in [0.15, 0.2) is 0 Å². The zero-order valence-corrected chi connectivity index (χ0v) is 18.2. The molecule has 0 atom stereocenters. The normalized spacial score (nSPS) is 13.5. The first-order chi connectivity index (χ1) is 15.5. The molecule has 0 fully saturated rings. The second-order valence-electron chi connectivity index (χ2n) is 7.56. The largest absolute Gasteiger partial charge is 0.497 e. The summed E-state index contributed by atoms with van der Waals surface area (Å²) in [4.78, 5) is 34.2. The summed E-state index contributed by atoms with van der Waals surface area (Å²) in [6, 6.07) is 20.2. The number of hydrogen-bond donors (Lipinski definition) is 1. The molecule has 3 aromatic rings. The van der Waals surface area contributed by atoms with E-state index < -0.39 is 0 Å². The van der Waals surface area contributed by atoms with Crippen molar-refractivity contribution >= 4 is 28.8 Å². The lowest BCUT2D eigenvalue weighted by atomic mass is 10.0. The Balaban J connectivity index is 1.71. The molecule has 32 heavy (non-hydrogen) atoms. The van der Waals surface area contributed by atoms with E-state index in [0.717, 1.165) is 11.4 Å². The van der Waals surface area contributed by atoms with Crippen molar-refractivity contribution in [2.24, 2.45) is 0 Å². The fourth-order valence-electron chi connectivity index (χ4n) is 3.50. The van der Waals surface area contributed by atoms with Gasteiger partial charge < -0.3 is 15.0 Å². The SMILES string of the molecule is COc1ccc(C2=C(Nc3ccc(N(C)C)cc3)C(=O)N(Cc3ccccn3)C2=O)cc1. The number of nitrogens with one attached hydrogen (secondary N) is 1. The molecular formula is C25H24N4O3. The molecule has 1 aliphatic heterocycles. The standard InChI is InChI=1S/C25H24N4O3/c1-28(2)20-11-9-18(10-12-20)27-23-22(17-7-13-21(32-3)14-8-17)24(30)29(25(23)31)16-19-6-4-5-15-26-19/h4-15,27H,16H2,1-3H3. The summed E-state index contributed by atoms with van der Waals surface area (Å²) in [5, 5.41) is 3.18. The molecule has 162 valence electrons. The number of nitrogens with zero attached hydrogens (tertiary/aromatic N) is 3. The average Bonchev–Trinajstić information content (AvgIpc) is 3.04. The minimum Gasteiger partial charge on any atom is -0.497 e. The van der Waals surface area contributed by atoms with E-state index >= 15 is 0 Å². The van der Waals surface area contributed by atoms with Crippen LogP contribution in [0.15, 0.2) is 78.6 Å². The number of ether oxygens (including phenoxy) is 1. The molecule has 1 aliphatic rings. The van der Waals surface area contributed by atoms with Gasteiger partial charge in [0.05, 0.1) is 24.9 Å². The Kier molecular flexibility index (Phi) is 5.89. The molecule has 0 unspecified atom stereocenters. The third kappa shape index (κ3) is 4.18. The molecule has 1 N–H and O–H groups in total. The van der Waals surface area contributed by atoms with Crippen molar-refractivity contribution in [3.63, 3.8) is 0 Å². The zero-order chi connectivity index (χ0) is 22.7. The van der Waals surface area contributed by atoms with Crippen LogP contribution in [-0.2, 0) is 16.1 Å². The number of benzene rings is 2. The van der Waals surface area contributed by atoms with Crippen LogP contribution in [-0.4, -0.2) is 42.9 Å². The van der Waals surface area contributed by atoms with E-state index in [1.165, 1.54) is 4.90 Å². The highest BCUT2D eigenvalue weighted by Gasteiger charge is 2.39. The van der Waals surface area contributed by atoms with Gasteiger partial charge >= 0.3 is 0 Å². The van der Waals surface area contributed by atoms with Gasteiger partial charge in [0.1, 0.15) is 11.4 Å². The van der Waals surface area contributed by atoms with Crippen LogP contribution in [0.3, 0.4) is 0 Å². The van der Waals surface area contributed by atoms with Crippen LogP contribution in [0.1, 0.15) is 11.3 Å². The number of carbonyl (C=O) groups excluding carboxylic acids is 2. The first-order valence-corrected chi connectivity index (χ1v) is 10.2. The van der Waals surface area contributed by atoms with Crippen molar-refractivity contribution in [3.8, 4) is 5.75 Å². The predicted molar refractivity (Wildman–Crippen MR) is 124 cm³/mol. The van der Waals surface area contributed by atoms with E-state index in [0.29, 0.717) is 22.6 Å². The van der Waals surface area contributed by atoms with E-state index in [4.69, 9.17) is 4.74 Å². The van der Waals surface area contributed by atoms with Crippen LogP contribution < -0.4 is 15.0 Å². The van der Waals surface area contributed by atoms with Crippen LogP contribution in [0.4, 0.5) is 11.4 Å². The lowest BCUT2D eigenvalue weighted by Gasteiger charge is -2.15. The summed E-state index contributed by atoms with van der Waals surface area (Å²) in [6.07, 6.45) is 1.64. The van der Waals surface area contributed by atoms with E-state index in [-0.39, 0.29) is 24.1 Å². The Labute approximate surface area is 186 Å². The van der Waals surface area contributed by atoms with Gasteiger partial charge in [-0.05, 0) is 54.1 Å². The maximum absolute atomic E-state index is 13.4. The van der Waals surface area contributed by atoms with Crippen LogP contribution in [0.5, 0.6) is 5.75 Å². The number of carbonyl (C=O) groups is 2. The van der Waals surface area contributed by atoms with Crippen molar-refractivity contribution in [1.82, 2.24) is 9.88 Å². The van der Waals surface area contributed by atoms with Gasteiger partial charge in [-0.25, -0.2) is 0 Å². The lowest BCUT2D eigenvalue weighted by Crippen LogP contribution is -2.32. The topological polar surface area (TPSA) is 74.8 Å². The number of pyridine rings is 1. The molecule has 7 nitrogen and oxygen atoms in total. The van der Waals surface area contributed by atoms with Gasteiger partial charge in [-0.3, -0.25) is 19.5 Å².